The average Bonchev–Trinajstić information content (AvgIpc) is 2.83. The molecule has 0 saturated carbocycles. The molecule has 1 N–H and O–H groups in total. The number of carbonyl (C=O) groups excluding carboxylic acids is 2. The Labute approximate surface area is 192 Å². The molecule has 8 heteroatoms. The molecule has 1 aromatic heterocycles. The number of amides is 2. The summed E-state index contributed by atoms with van der Waals surface area (Å²) in [5.41, 5.74) is 0.457. The molecule has 172 valence electrons. The Morgan fingerprint density at radius 2 is 1.76 bits per heavy atom. The number of ether oxygens (including phenoxy) is 1. The van der Waals surface area contributed by atoms with Gasteiger partial charge in [-0.05, 0) is 62.2 Å². The molecule has 1 atom stereocenters. The van der Waals surface area contributed by atoms with E-state index in [1.54, 1.807) is 31.4 Å². The van der Waals surface area contributed by atoms with E-state index in [-0.39, 0.29) is 5.69 Å². The fourth-order valence-corrected chi connectivity index (χ4v) is 3.21. The number of benzene rings is 2. The topological polar surface area (TPSA) is 84.4 Å². The first-order valence-electron chi connectivity index (χ1n) is 10.6. The maximum absolute atomic E-state index is 13.7. The molecule has 0 aliphatic heterocycles. The Kier molecular flexibility index (Phi) is 7.37. The summed E-state index contributed by atoms with van der Waals surface area (Å²) in [5, 5.41) is 3.01. The first kappa shape index (κ1) is 23.8. The summed E-state index contributed by atoms with van der Waals surface area (Å²) in [4.78, 5) is 36.7. The van der Waals surface area contributed by atoms with Crippen LogP contribution < -0.4 is 15.0 Å². The van der Waals surface area contributed by atoms with Crippen LogP contribution in [-0.4, -0.2) is 34.4 Å². The van der Waals surface area contributed by atoms with E-state index >= 15 is 0 Å². The van der Waals surface area contributed by atoms with Crippen LogP contribution in [0.25, 0.3) is 0 Å². The monoisotopic (exact) mass is 450 g/mol. The second-order valence-electron chi connectivity index (χ2n) is 8.14. The molecule has 1 unspecified atom stereocenters. The van der Waals surface area contributed by atoms with Crippen LogP contribution in [0.3, 0.4) is 0 Å². The van der Waals surface area contributed by atoms with Crippen LogP contribution in [0.4, 0.5) is 10.1 Å². The second-order valence-corrected chi connectivity index (χ2v) is 8.14. The van der Waals surface area contributed by atoms with E-state index in [4.69, 9.17) is 4.74 Å². The molecule has 0 aliphatic rings. The average molecular weight is 451 g/mol. The fraction of sp³-hybridized carbons (Fsp3) is 0.280. The van der Waals surface area contributed by atoms with Gasteiger partial charge in [-0.2, -0.15) is 0 Å². The standard InChI is InChI=1S/C25H27FN4O3/c1-5-25(2,3)29-23(31)22(17-6-8-18(26)9-7-17)30(19-10-12-20(33-4)13-11-19)24(32)21-16-27-14-15-28-21/h6-16,22H,5H2,1-4H3,(H,29,31). The molecule has 7 nitrogen and oxygen atoms in total. The summed E-state index contributed by atoms with van der Waals surface area (Å²) in [5.74, 6) is -0.767. The molecule has 0 aliphatic carbocycles. The summed E-state index contributed by atoms with van der Waals surface area (Å²) in [6.07, 6.45) is 4.89. The van der Waals surface area contributed by atoms with E-state index in [2.05, 4.69) is 15.3 Å². The van der Waals surface area contributed by atoms with Crippen molar-refractivity contribution in [2.75, 3.05) is 12.0 Å². The van der Waals surface area contributed by atoms with Gasteiger partial charge in [0.2, 0.25) is 5.91 Å². The van der Waals surface area contributed by atoms with Crippen molar-refractivity contribution < 1.29 is 18.7 Å². The molecule has 3 rings (SSSR count). The van der Waals surface area contributed by atoms with Crippen molar-refractivity contribution in [1.82, 2.24) is 15.3 Å². The number of anilines is 1. The number of carbonyl (C=O) groups is 2. The summed E-state index contributed by atoms with van der Waals surface area (Å²) < 4.78 is 18.9. The molecule has 0 spiro atoms. The third-order valence-corrected chi connectivity index (χ3v) is 5.39. The highest BCUT2D eigenvalue weighted by molar-refractivity contribution is 6.09. The van der Waals surface area contributed by atoms with Crippen molar-refractivity contribution in [2.45, 2.75) is 38.8 Å². The molecule has 0 radical (unpaired) electrons. The number of nitrogens with one attached hydrogen (secondary N) is 1. The number of halogens is 1. The summed E-state index contributed by atoms with van der Waals surface area (Å²) in [7, 11) is 1.54. The van der Waals surface area contributed by atoms with Gasteiger partial charge in [0.1, 0.15) is 23.3 Å². The second kappa shape index (κ2) is 10.2. The highest BCUT2D eigenvalue weighted by Crippen LogP contribution is 2.31. The van der Waals surface area contributed by atoms with Crippen LogP contribution in [0.15, 0.2) is 67.1 Å². The molecule has 0 bridgehead atoms. The van der Waals surface area contributed by atoms with Gasteiger partial charge in [0, 0.05) is 23.6 Å². The Morgan fingerprint density at radius 3 is 2.30 bits per heavy atom. The molecule has 2 amide bonds. The molecule has 0 fully saturated rings. The maximum Gasteiger partial charge on any atom is 0.279 e. The third kappa shape index (κ3) is 5.71. The van der Waals surface area contributed by atoms with Crippen LogP contribution in [0.1, 0.15) is 49.3 Å². The van der Waals surface area contributed by atoms with Crippen molar-refractivity contribution in [1.29, 1.82) is 0 Å². The largest absolute Gasteiger partial charge is 0.497 e. The van der Waals surface area contributed by atoms with E-state index < -0.39 is 29.2 Å². The number of hydrogen-bond acceptors (Lipinski definition) is 5. The van der Waals surface area contributed by atoms with Gasteiger partial charge in [0.05, 0.1) is 13.3 Å². The van der Waals surface area contributed by atoms with Crippen LogP contribution >= 0.6 is 0 Å². The van der Waals surface area contributed by atoms with Gasteiger partial charge in [-0.25, -0.2) is 9.37 Å². The minimum Gasteiger partial charge on any atom is -0.497 e. The first-order chi connectivity index (χ1) is 15.8. The van der Waals surface area contributed by atoms with Crippen molar-refractivity contribution in [3.05, 3.63) is 84.2 Å². The van der Waals surface area contributed by atoms with Gasteiger partial charge in [-0.3, -0.25) is 19.5 Å². The van der Waals surface area contributed by atoms with Gasteiger partial charge in [0.25, 0.3) is 5.91 Å². The van der Waals surface area contributed by atoms with Crippen LogP contribution in [-0.2, 0) is 4.79 Å². The minimum atomic E-state index is -1.08. The lowest BCUT2D eigenvalue weighted by Crippen LogP contribution is -2.50. The third-order valence-electron chi connectivity index (χ3n) is 5.39. The van der Waals surface area contributed by atoms with Gasteiger partial charge in [-0.1, -0.05) is 19.1 Å². The molecule has 1 heterocycles. The predicted octanol–water partition coefficient (Wildman–Crippen LogP) is 4.32. The number of aromatic nitrogens is 2. The van der Waals surface area contributed by atoms with Crippen LogP contribution in [0, 0.1) is 5.82 Å². The van der Waals surface area contributed by atoms with E-state index in [1.165, 1.54) is 47.8 Å². The zero-order chi connectivity index (χ0) is 24.0. The predicted molar refractivity (Wildman–Crippen MR) is 123 cm³/mol. The Morgan fingerprint density at radius 1 is 1.09 bits per heavy atom. The zero-order valence-electron chi connectivity index (χ0n) is 19.1. The Balaban J connectivity index is 2.17. The van der Waals surface area contributed by atoms with E-state index in [0.717, 1.165) is 0 Å². The Hall–Kier alpha value is -3.81. The molecule has 33 heavy (non-hydrogen) atoms. The lowest BCUT2D eigenvalue weighted by atomic mass is 9.98. The van der Waals surface area contributed by atoms with Crippen molar-refractivity contribution in [3.63, 3.8) is 0 Å². The van der Waals surface area contributed by atoms with Gasteiger partial charge >= 0.3 is 0 Å². The van der Waals surface area contributed by atoms with Gasteiger partial charge in [-0.15, -0.1) is 0 Å². The lowest BCUT2D eigenvalue weighted by molar-refractivity contribution is -0.124. The number of hydrogen-bond donors (Lipinski definition) is 1. The normalized spacial score (nSPS) is 12.0. The molecular formula is C25H27FN4O3. The molecule has 2 aromatic carbocycles. The Bertz CT molecular complexity index is 1090. The molecular weight excluding hydrogens is 423 g/mol. The zero-order valence-corrected chi connectivity index (χ0v) is 19.1. The van der Waals surface area contributed by atoms with Crippen molar-refractivity contribution in [2.24, 2.45) is 0 Å². The van der Waals surface area contributed by atoms with E-state index in [0.29, 0.717) is 23.4 Å². The van der Waals surface area contributed by atoms with E-state index in [1.807, 2.05) is 20.8 Å². The van der Waals surface area contributed by atoms with Gasteiger partial charge < -0.3 is 10.1 Å². The smallest absolute Gasteiger partial charge is 0.279 e. The van der Waals surface area contributed by atoms with Crippen LogP contribution in [0.5, 0.6) is 5.75 Å². The van der Waals surface area contributed by atoms with Gasteiger partial charge in [0.15, 0.2) is 0 Å². The number of methoxy groups -OCH3 is 1. The highest BCUT2D eigenvalue weighted by atomic mass is 19.1. The minimum absolute atomic E-state index is 0.0722. The summed E-state index contributed by atoms with van der Waals surface area (Å²) >= 11 is 0. The SMILES string of the molecule is CCC(C)(C)NC(=O)C(c1ccc(F)cc1)N(C(=O)c1cnccn1)c1ccc(OC)cc1. The van der Waals surface area contributed by atoms with E-state index in [9.17, 15) is 14.0 Å². The first-order valence-corrected chi connectivity index (χ1v) is 10.6. The lowest BCUT2D eigenvalue weighted by Gasteiger charge is -2.34. The number of nitrogens with zero attached hydrogens (tertiary/aromatic N) is 3. The summed E-state index contributed by atoms with van der Waals surface area (Å²) in [6, 6.07) is 11.2. The van der Waals surface area contributed by atoms with Crippen LogP contribution in [0.2, 0.25) is 0 Å². The molecule has 0 saturated heterocycles. The maximum atomic E-state index is 13.7. The van der Waals surface area contributed by atoms with Crippen molar-refractivity contribution >= 4 is 17.5 Å². The summed E-state index contributed by atoms with van der Waals surface area (Å²) in [6.45, 7) is 5.75. The molecule has 3 aromatic rings. The number of rotatable bonds is 8. The fourth-order valence-electron chi connectivity index (χ4n) is 3.21. The van der Waals surface area contributed by atoms with Crippen molar-refractivity contribution in [3.8, 4) is 5.75 Å². The highest BCUT2D eigenvalue weighted by Gasteiger charge is 2.36. The quantitative estimate of drug-likeness (QED) is 0.553.